The van der Waals surface area contributed by atoms with Gasteiger partial charge in [0.05, 0.1) is 15.9 Å². The highest BCUT2D eigenvalue weighted by Gasteiger charge is 2.20. The van der Waals surface area contributed by atoms with Gasteiger partial charge < -0.3 is 5.73 Å². The minimum absolute atomic E-state index is 0.141. The lowest BCUT2D eigenvalue weighted by Crippen LogP contribution is -2.19. The quantitative estimate of drug-likeness (QED) is 0.788. The monoisotopic (exact) mass is 343 g/mol. The Kier molecular flexibility index (Phi) is 6.40. The number of carbonyl (C=O) groups excluding carboxylic acids is 1. The standard InChI is InChI=1S/C15H26BrN3O/c1-5-19-13(14(16)11(2)18-19)10-12(20)6-7-15(3,4)8-9-17/h5-10,17H2,1-4H3. The van der Waals surface area contributed by atoms with E-state index in [4.69, 9.17) is 5.73 Å². The van der Waals surface area contributed by atoms with Crippen LogP contribution in [0.5, 0.6) is 0 Å². The second-order valence-corrected chi connectivity index (χ2v) is 6.87. The van der Waals surface area contributed by atoms with Gasteiger partial charge in [0.2, 0.25) is 0 Å². The van der Waals surface area contributed by atoms with E-state index < -0.39 is 0 Å². The first-order valence-corrected chi connectivity index (χ1v) is 8.03. The highest BCUT2D eigenvalue weighted by Crippen LogP contribution is 2.27. The lowest BCUT2D eigenvalue weighted by atomic mass is 9.83. The summed E-state index contributed by atoms with van der Waals surface area (Å²) < 4.78 is 2.87. The molecule has 0 radical (unpaired) electrons. The fourth-order valence-corrected chi connectivity index (χ4v) is 2.73. The number of hydrogen-bond acceptors (Lipinski definition) is 3. The molecule has 1 aromatic rings. The Labute approximate surface area is 130 Å². The molecule has 0 unspecified atom stereocenters. The lowest BCUT2D eigenvalue weighted by Gasteiger charge is -2.23. The van der Waals surface area contributed by atoms with E-state index >= 15 is 0 Å². The third-order valence-corrected chi connectivity index (χ3v) is 4.75. The zero-order valence-corrected chi connectivity index (χ0v) is 14.6. The zero-order chi connectivity index (χ0) is 15.3. The molecule has 20 heavy (non-hydrogen) atoms. The number of nitrogens with zero attached hydrogens (tertiary/aromatic N) is 2. The predicted octanol–water partition coefficient (Wildman–Crippen LogP) is 3.24. The van der Waals surface area contributed by atoms with E-state index in [-0.39, 0.29) is 11.2 Å². The molecule has 2 N–H and O–H groups in total. The molecule has 0 saturated heterocycles. The molecular weight excluding hydrogens is 318 g/mol. The number of hydrogen-bond donors (Lipinski definition) is 1. The number of aryl methyl sites for hydroxylation is 2. The molecule has 0 amide bonds. The molecule has 0 aliphatic carbocycles. The van der Waals surface area contributed by atoms with E-state index in [1.54, 1.807) is 0 Å². The van der Waals surface area contributed by atoms with Gasteiger partial charge in [0, 0.05) is 19.4 Å². The first-order valence-electron chi connectivity index (χ1n) is 7.24. The fraction of sp³-hybridized carbons (Fsp3) is 0.733. The van der Waals surface area contributed by atoms with E-state index in [9.17, 15) is 4.79 Å². The van der Waals surface area contributed by atoms with Crippen LogP contribution in [0.4, 0.5) is 0 Å². The third-order valence-electron chi connectivity index (χ3n) is 3.72. The SMILES string of the molecule is CCn1nc(C)c(Br)c1CC(=O)CCC(C)(C)CCN. The predicted molar refractivity (Wildman–Crippen MR) is 85.7 cm³/mol. The van der Waals surface area contributed by atoms with E-state index in [1.165, 1.54) is 0 Å². The van der Waals surface area contributed by atoms with E-state index in [0.29, 0.717) is 19.4 Å². The summed E-state index contributed by atoms with van der Waals surface area (Å²) in [6.45, 7) is 9.79. The third kappa shape index (κ3) is 4.70. The van der Waals surface area contributed by atoms with Crippen molar-refractivity contribution >= 4 is 21.7 Å². The summed E-state index contributed by atoms with van der Waals surface area (Å²) in [6, 6.07) is 0. The second-order valence-electron chi connectivity index (χ2n) is 6.08. The van der Waals surface area contributed by atoms with Crippen LogP contribution in [0.1, 0.15) is 51.4 Å². The summed E-state index contributed by atoms with van der Waals surface area (Å²) in [6.07, 6.45) is 2.90. The van der Waals surface area contributed by atoms with Gasteiger partial charge in [-0.05, 0) is 54.6 Å². The maximum atomic E-state index is 12.2. The van der Waals surface area contributed by atoms with Crippen LogP contribution in [0.15, 0.2) is 4.47 Å². The van der Waals surface area contributed by atoms with Gasteiger partial charge in [0.1, 0.15) is 5.78 Å². The number of ketones is 1. The van der Waals surface area contributed by atoms with Crippen LogP contribution in [0.3, 0.4) is 0 Å². The Balaban J connectivity index is 2.63. The van der Waals surface area contributed by atoms with Crippen LogP contribution >= 0.6 is 15.9 Å². The number of carbonyl (C=O) groups is 1. The van der Waals surface area contributed by atoms with E-state index in [2.05, 4.69) is 34.9 Å². The smallest absolute Gasteiger partial charge is 0.138 e. The molecule has 0 aromatic carbocycles. The van der Waals surface area contributed by atoms with Crippen molar-refractivity contribution in [1.29, 1.82) is 0 Å². The van der Waals surface area contributed by atoms with E-state index in [1.807, 2.05) is 18.5 Å². The van der Waals surface area contributed by atoms with Crippen molar-refractivity contribution < 1.29 is 4.79 Å². The second kappa shape index (κ2) is 7.36. The van der Waals surface area contributed by atoms with Crippen LogP contribution in [0.2, 0.25) is 0 Å². The summed E-state index contributed by atoms with van der Waals surface area (Å²) in [7, 11) is 0. The first-order chi connectivity index (χ1) is 9.30. The van der Waals surface area contributed by atoms with Gasteiger partial charge in [-0.15, -0.1) is 0 Å². The molecule has 5 heteroatoms. The number of rotatable bonds is 8. The van der Waals surface area contributed by atoms with Crippen molar-refractivity contribution in [3.63, 3.8) is 0 Å². The molecule has 0 aliphatic rings. The first kappa shape index (κ1) is 17.4. The average Bonchev–Trinajstić information content (AvgIpc) is 2.64. The van der Waals surface area contributed by atoms with Gasteiger partial charge in [-0.1, -0.05) is 13.8 Å². The molecule has 1 aromatic heterocycles. The number of halogens is 1. The minimum atomic E-state index is 0.141. The average molecular weight is 344 g/mol. The van der Waals surface area contributed by atoms with Crippen molar-refractivity contribution in [3.05, 3.63) is 15.9 Å². The normalized spacial score (nSPS) is 11.9. The van der Waals surface area contributed by atoms with Gasteiger partial charge in [0.25, 0.3) is 0 Å². The number of aromatic nitrogens is 2. The highest BCUT2D eigenvalue weighted by atomic mass is 79.9. The van der Waals surface area contributed by atoms with Crippen LogP contribution in [-0.4, -0.2) is 22.1 Å². The van der Waals surface area contributed by atoms with Crippen molar-refractivity contribution in [2.45, 2.75) is 59.9 Å². The molecule has 1 rings (SSSR count). The molecule has 0 atom stereocenters. The topological polar surface area (TPSA) is 60.9 Å². The summed E-state index contributed by atoms with van der Waals surface area (Å²) in [5, 5.41) is 4.42. The summed E-state index contributed by atoms with van der Waals surface area (Å²) in [5.74, 6) is 0.269. The van der Waals surface area contributed by atoms with Crippen LogP contribution in [0.25, 0.3) is 0 Å². The van der Waals surface area contributed by atoms with E-state index in [0.717, 1.165) is 35.2 Å². The highest BCUT2D eigenvalue weighted by molar-refractivity contribution is 9.10. The summed E-state index contributed by atoms with van der Waals surface area (Å²) in [5.41, 5.74) is 7.68. The maximum absolute atomic E-state index is 12.2. The largest absolute Gasteiger partial charge is 0.330 e. The summed E-state index contributed by atoms with van der Waals surface area (Å²) >= 11 is 3.53. The molecule has 114 valence electrons. The van der Waals surface area contributed by atoms with Crippen molar-refractivity contribution in [2.75, 3.05) is 6.54 Å². The zero-order valence-electron chi connectivity index (χ0n) is 13.0. The minimum Gasteiger partial charge on any atom is -0.330 e. The molecule has 4 nitrogen and oxygen atoms in total. The Morgan fingerprint density at radius 2 is 2.05 bits per heavy atom. The van der Waals surface area contributed by atoms with Gasteiger partial charge in [-0.3, -0.25) is 9.48 Å². The van der Waals surface area contributed by atoms with Gasteiger partial charge in [-0.25, -0.2) is 0 Å². The van der Waals surface area contributed by atoms with Crippen LogP contribution in [-0.2, 0) is 17.8 Å². The molecule has 0 aliphatic heterocycles. The van der Waals surface area contributed by atoms with Gasteiger partial charge in [-0.2, -0.15) is 5.10 Å². The van der Waals surface area contributed by atoms with Crippen LogP contribution < -0.4 is 5.73 Å². The molecular formula is C15H26BrN3O. The Hall–Kier alpha value is -0.680. The van der Waals surface area contributed by atoms with Gasteiger partial charge >= 0.3 is 0 Å². The molecule has 0 spiro atoms. The van der Waals surface area contributed by atoms with Crippen molar-refractivity contribution in [1.82, 2.24) is 9.78 Å². The maximum Gasteiger partial charge on any atom is 0.138 e. The molecule has 1 heterocycles. The summed E-state index contributed by atoms with van der Waals surface area (Å²) in [4.78, 5) is 12.2. The Morgan fingerprint density at radius 1 is 1.40 bits per heavy atom. The van der Waals surface area contributed by atoms with Crippen LogP contribution in [0, 0.1) is 12.3 Å². The number of Topliss-reactive ketones (excluding diaryl/α,β-unsaturated/α-hetero) is 1. The Bertz CT molecular complexity index is 466. The molecule has 0 fully saturated rings. The van der Waals surface area contributed by atoms with Crippen molar-refractivity contribution in [2.24, 2.45) is 11.1 Å². The lowest BCUT2D eigenvalue weighted by molar-refractivity contribution is -0.119. The van der Waals surface area contributed by atoms with Crippen molar-refractivity contribution in [3.8, 4) is 0 Å². The Morgan fingerprint density at radius 3 is 2.60 bits per heavy atom. The fourth-order valence-electron chi connectivity index (χ4n) is 2.31. The number of nitrogens with two attached hydrogens (primary N) is 1. The molecule has 0 bridgehead atoms. The molecule has 0 saturated carbocycles. The van der Waals surface area contributed by atoms with Gasteiger partial charge in [0.15, 0.2) is 0 Å².